The highest BCUT2D eigenvalue weighted by molar-refractivity contribution is 8.77. The average Bonchev–Trinajstić information content (AvgIpc) is 1.91. The van der Waals surface area contributed by atoms with Gasteiger partial charge in [0, 0.05) is 5.75 Å². The second-order valence-corrected chi connectivity index (χ2v) is 4.99. The van der Waals surface area contributed by atoms with Gasteiger partial charge in [0.1, 0.15) is 0 Å². The lowest BCUT2D eigenvalue weighted by molar-refractivity contribution is 0.739. The van der Waals surface area contributed by atoms with Crippen LogP contribution in [0.4, 0.5) is 0 Å². The van der Waals surface area contributed by atoms with Crippen LogP contribution >= 0.6 is 33.2 Å². The van der Waals surface area contributed by atoms with Crippen molar-refractivity contribution in [1.29, 1.82) is 0 Å². The van der Waals surface area contributed by atoms with E-state index in [1.54, 1.807) is 10.8 Å². The molecule has 0 aromatic heterocycles. The maximum atomic E-state index is 5.80. The van der Waals surface area contributed by atoms with E-state index in [1.807, 2.05) is 10.8 Å². The van der Waals surface area contributed by atoms with Gasteiger partial charge in [-0.05, 0) is 5.92 Å². The summed E-state index contributed by atoms with van der Waals surface area (Å²) >= 11 is 5.80. The second-order valence-electron chi connectivity index (χ2n) is 1.71. The second kappa shape index (κ2) is 2.51. The number of halogens is 1. The molecule has 0 saturated carbocycles. The Labute approximate surface area is 56.8 Å². The fourth-order valence-corrected chi connectivity index (χ4v) is 3.90. The molecule has 0 amide bonds. The van der Waals surface area contributed by atoms with E-state index in [2.05, 4.69) is 6.92 Å². The number of hydrogen-bond donors (Lipinski definition) is 0. The third-order valence-corrected chi connectivity index (χ3v) is 4.84. The largest absolute Gasteiger partial charge is 0.110 e. The molecule has 1 heterocycles. The molecule has 1 aliphatic heterocycles. The maximum Gasteiger partial charge on any atom is 0.0925 e. The minimum Gasteiger partial charge on any atom is -0.110 e. The first-order valence-electron chi connectivity index (χ1n) is 2.23. The Hall–Kier alpha value is 0.990. The molecule has 42 valence electrons. The van der Waals surface area contributed by atoms with Crippen LogP contribution in [0, 0.1) is 5.92 Å². The molecule has 0 aromatic carbocycles. The summed E-state index contributed by atoms with van der Waals surface area (Å²) in [5, 5.41) is 0. The highest BCUT2D eigenvalue weighted by Gasteiger charge is 2.21. The zero-order chi connectivity index (χ0) is 5.28. The van der Waals surface area contributed by atoms with Crippen molar-refractivity contribution in [1.82, 2.24) is 0 Å². The van der Waals surface area contributed by atoms with Gasteiger partial charge in [-0.1, -0.05) is 28.5 Å². The molecule has 0 aromatic rings. The van der Waals surface area contributed by atoms with Crippen molar-refractivity contribution in [3.05, 3.63) is 0 Å². The van der Waals surface area contributed by atoms with Crippen LogP contribution in [-0.4, -0.2) is 10.5 Å². The Balaban J connectivity index is 2.33. The van der Waals surface area contributed by atoms with Crippen LogP contribution in [-0.2, 0) is 0 Å². The molecule has 0 spiro atoms. The topological polar surface area (TPSA) is 0 Å². The first kappa shape index (κ1) is 6.12. The van der Waals surface area contributed by atoms with Crippen LogP contribution in [0.1, 0.15) is 6.92 Å². The highest BCUT2D eigenvalue weighted by atomic mass is 35.5. The summed E-state index contributed by atoms with van der Waals surface area (Å²) in [7, 11) is 3.66. The molecule has 0 nitrogen and oxygen atoms in total. The minimum atomic E-state index is 0.366. The fourth-order valence-electron chi connectivity index (χ4n) is 0.382. The van der Waals surface area contributed by atoms with Gasteiger partial charge in [-0.15, -0.1) is 11.6 Å². The SMILES string of the molecule is CC1CSSC1Cl. The molecule has 0 N–H and O–H groups in total. The summed E-state index contributed by atoms with van der Waals surface area (Å²) in [5.41, 5.74) is 0. The average molecular weight is 155 g/mol. The van der Waals surface area contributed by atoms with Gasteiger partial charge < -0.3 is 0 Å². The number of alkyl halides is 1. The van der Waals surface area contributed by atoms with Crippen LogP contribution in [0.2, 0.25) is 0 Å². The van der Waals surface area contributed by atoms with E-state index in [4.69, 9.17) is 11.6 Å². The standard InChI is InChI=1S/C4H7ClS2/c1-3-2-6-7-4(3)5/h3-4H,2H2,1H3. The van der Waals surface area contributed by atoms with Gasteiger partial charge in [-0.25, -0.2) is 0 Å². The molecule has 1 rings (SSSR count). The summed E-state index contributed by atoms with van der Waals surface area (Å²) in [5.74, 6) is 1.93. The first-order chi connectivity index (χ1) is 3.30. The number of hydrogen-bond acceptors (Lipinski definition) is 2. The van der Waals surface area contributed by atoms with Gasteiger partial charge in [0.2, 0.25) is 0 Å². The Bertz CT molecular complexity index is 58.7. The summed E-state index contributed by atoms with van der Waals surface area (Å²) in [6, 6.07) is 0. The van der Waals surface area contributed by atoms with Crippen LogP contribution in [0.5, 0.6) is 0 Å². The summed E-state index contributed by atoms with van der Waals surface area (Å²) < 4.78 is 0.366. The third-order valence-electron chi connectivity index (χ3n) is 0.938. The maximum absolute atomic E-state index is 5.80. The predicted molar refractivity (Wildman–Crippen MR) is 38.9 cm³/mol. The Morgan fingerprint density at radius 3 is 2.57 bits per heavy atom. The quantitative estimate of drug-likeness (QED) is 0.389. The van der Waals surface area contributed by atoms with Gasteiger partial charge in [0.15, 0.2) is 0 Å². The predicted octanol–water partition coefficient (Wildman–Crippen LogP) is 2.58. The van der Waals surface area contributed by atoms with Crippen LogP contribution in [0.15, 0.2) is 0 Å². The lowest BCUT2D eigenvalue weighted by Crippen LogP contribution is -2.00. The normalized spacial score (nSPS) is 42.0. The van der Waals surface area contributed by atoms with E-state index in [9.17, 15) is 0 Å². The van der Waals surface area contributed by atoms with Gasteiger partial charge in [-0.3, -0.25) is 0 Å². The van der Waals surface area contributed by atoms with Crippen molar-refractivity contribution < 1.29 is 0 Å². The molecule has 0 aliphatic carbocycles. The number of rotatable bonds is 0. The van der Waals surface area contributed by atoms with Crippen LogP contribution < -0.4 is 0 Å². The minimum absolute atomic E-state index is 0.366. The molecule has 0 radical (unpaired) electrons. The molecule has 7 heavy (non-hydrogen) atoms. The van der Waals surface area contributed by atoms with Gasteiger partial charge in [0.25, 0.3) is 0 Å². The molecular formula is C4H7ClS2. The Kier molecular flexibility index (Phi) is 2.20. The highest BCUT2D eigenvalue weighted by Crippen LogP contribution is 2.43. The lowest BCUT2D eigenvalue weighted by atomic mass is 10.3. The van der Waals surface area contributed by atoms with E-state index in [1.165, 1.54) is 5.75 Å². The van der Waals surface area contributed by atoms with Crippen LogP contribution in [0.25, 0.3) is 0 Å². The molecule has 1 saturated heterocycles. The Morgan fingerprint density at radius 2 is 2.43 bits per heavy atom. The van der Waals surface area contributed by atoms with E-state index in [-0.39, 0.29) is 0 Å². The van der Waals surface area contributed by atoms with Crippen LogP contribution in [0.3, 0.4) is 0 Å². The van der Waals surface area contributed by atoms with Gasteiger partial charge >= 0.3 is 0 Å². The lowest BCUT2D eigenvalue weighted by Gasteiger charge is -1.99. The zero-order valence-electron chi connectivity index (χ0n) is 4.06. The summed E-state index contributed by atoms with van der Waals surface area (Å²) in [6.07, 6.45) is 0. The smallest absolute Gasteiger partial charge is 0.0925 e. The molecule has 1 fully saturated rings. The van der Waals surface area contributed by atoms with Crippen molar-refractivity contribution in [2.75, 3.05) is 5.75 Å². The summed E-state index contributed by atoms with van der Waals surface area (Å²) in [6.45, 7) is 2.19. The fraction of sp³-hybridized carbons (Fsp3) is 1.00. The zero-order valence-corrected chi connectivity index (χ0v) is 6.45. The van der Waals surface area contributed by atoms with E-state index in [0.29, 0.717) is 10.6 Å². The van der Waals surface area contributed by atoms with Gasteiger partial charge in [0.05, 0.1) is 4.71 Å². The summed E-state index contributed by atoms with van der Waals surface area (Å²) in [4.78, 5) is 0. The molecule has 3 heteroatoms. The Morgan fingerprint density at radius 1 is 1.71 bits per heavy atom. The molecule has 2 atom stereocenters. The van der Waals surface area contributed by atoms with Crippen molar-refractivity contribution in [2.45, 2.75) is 11.6 Å². The van der Waals surface area contributed by atoms with Crippen molar-refractivity contribution in [2.24, 2.45) is 5.92 Å². The molecule has 2 unspecified atom stereocenters. The first-order valence-corrected chi connectivity index (χ1v) is 5.05. The van der Waals surface area contributed by atoms with Crippen molar-refractivity contribution >= 4 is 33.2 Å². The molecule has 1 aliphatic rings. The molecular weight excluding hydrogens is 148 g/mol. The van der Waals surface area contributed by atoms with E-state index in [0.717, 1.165) is 0 Å². The van der Waals surface area contributed by atoms with Gasteiger partial charge in [-0.2, -0.15) is 0 Å². The third kappa shape index (κ3) is 1.44. The molecule has 0 bridgehead atoms. The van der Waals surface area contributed by atoms with Crippen molar-refractivity contribution in [3.8, 4) is 0 Å². The van der Waals surface area contributed by atoms with E-state index >= 15 is 0 Å². The van der Waals surface area contributed by atoms with E-state index < -0.39 is 0 Å². The monoisotopic (exact) mass is 154 g/mol. The van der Waals surface area contributed by atoms with Crippen molar-refractivity contribution in [3.63, 3.8) is 0 Å².